The maximum Gasteiger partial charge on any atom is 0.337 e. The van der Waals surface area contributed by atoms with Crippen molar-refractivity contribution < 1.29 is 22.9 Å². The maximum atomic E-state index is 11.2. The molecule has 10 heteroatoms. The Bertz CT molecular complexity index is 1060. The zero-order valence-corrected chi connectivity index (χ0v) is 13.1. The molecule has 0 aliphatic heterocycles. The van der Waals surface area contributed by atoms with Gasteiger partial charge in [0.05, 0.1) is 10.5 Å². The highest BCUT2D eigenvalue weighted by atomic mass is 32.2. The highest BCUT2D eigenvalue weighted by molar-refractivity contribution is 7.85. The number of benzene rings is 1. The zero-order valence-electron chi connectivity index (χ0n) is 12.3. The number of aromatic nitrogens is 3. The first-order valence-corrected chi connectivity index (χ1v) is 8.12. The molecule has 0 spiro atoms. The van der Waals surface area contributed by atoms with Crippen LogP contribution in [0.5, 0.6) is 0 Å². The van der Waals surface area contributed by atoms with Crippen molar-refractivity contribution >= 4 is 33.1 Å². The molecule has 0 aliphatic carbocycles. The molecule has 24 heavy (non-hydrogen) atoms. The second-order valence-corrected chi connectivity index (χ2v) is 6.42. The van der Waals surface area contributed by atoms with Gasteiger partial charge in [0.25, 0.3) is 10.1 Å². The lowest BCUT2D eigenvalue weighted by atomic mass is 10.2. The summed E-state index contributed by atoms with van der Waals surface area (Å²) in [4.78, 5) is 15.1. The molecule has 0 fully saturated rings. The number of aryl methyl sites for hydroxylation is 1. The molecule has 0 saturated heterocycles. The molecular weight excluding hydrogens is 336 g/mol. The standard InChI is InChI=1S/C14H12N4O5S/c1-8-11(14(19)20)6-18-12(8)13(15-7-16-18)17-9-3-2-4-10(5-9)24(21,22)23/h2-7H,1H3,(H,19,20)(H,15,16,17)(H,21,22,23). The number of carbonyl (C=O) groups is 1. The van der Waals surface area contributed by atoms with E-state index in [0.717, 1.165) is 0 Å². The summed E-state index contributed by atoms with van der Waals surface area (Å²) in [6, 6.07) is 5.53. The largest absolute Gasteiger partial charge is 0.478 e. The van der Waals surface area contributed by atoms with Crippen LogP contribution in [0.1, 0.15) is 15.9 Å². The van der Waals surface area contributed by atoms with Crippen molar-refractivity contribution in [2.45, 2.75) is 11.8 Å². The van der Waals surface area contributed by atoms with Crippen LogP contribution in [-0.4, -0.2) is 38.6 Å². The van der Waals surface area contributed by atoms with Gasteiger partial charge < -0.3 is 10.4 Å². The number of hydrogen-bond donors (Lipinski definition) is 3. The van der Waals surface area contributed by atoms with Crippen LogP contribution in [-0.2, 0) is 10.1 Å². The fourth-order valence-electron chi connectivity index (χ4n) is 2.34. The predicted octanol–water partition coefficient (Wildman–Crippen LogP) is 1.73. The minimum absolute atomic E-state index is 0.0882. The third-order valence-corrected chi connectivity index (χ3v) is 4.30. The van der Waals surface area contributed by atoms with E-state index in [0.29, 0.717) is 22.6 Å². The summed E-state index contributed by atoms with van der Waals surface area (Å²) in [5.41, 5.74) is 1.37. The molecule has 0 amide bonds. The van der Waals surface area contributed by atoms with Crippen LogP contribution in [0, 0.1) is 6.92 Å². The van der Waals surface area contributed by atoms with Crippen LogP contribution in [0.3, 0.4) is 0 Å². The SMILES string of the molecule is Cc1c(C(=O)O)cn2ncnc(Nc3cccc(S(=O)(=O)O)c3)c12. The lowest BCUT2D eigenvalue weighted by molar-refractivity contribution is 0.0696. The molecular formula is C14H12N4O5S. The molecule has 0 bridgehead atoms. The molecule has 3 rings (SSSR count). The van der Waals surface area contributed by atoms with Crippen molar-refractivity contribution in [3.05, 3.63) is 47.9 Å². The Labute approximate surface area is 136 Å². The van der Waals surface area contributed by atoms with Crippen molar-refractivity contribution in [1.29, 1.82) is 0 Å². The van der Waals surface area contributed by atoms with Crippen LogP contribution in [0.4, 0.5) is 11.5 Å². The maximum absolute atomic E-state index is 11.2. The van der Waals surface area contributed by atoms with Gasteiger partial charge in [-0.05, 0) is 30.7 Å². The van der Waals surface area contributed by atoms with E-state index in [-0.39, 0.29) is 10.5 Å². The third kappa shape index (κ3) is 2.79. The number of anilines is 2. The third-order valence-electron chi connectivity index (χ3n) is 3.45. The van der Waals surface area contributed by atoms with Crippen LogP contribution < -0.4 is 5.32 Å². The monoisotopic (exact) mass is 348 g/mol. The van der Waals surface area contributed by atoms with Crippen LogP contribution in [0.25, 0.3) is 5.52 Å². The van der Waals surface area contributed by atoms with Gasteiger partial charge in [0.1, 0.15) is 11.8 Å². The molecule has 124 valence electrons. The van der Waals surface area contributed by atoms with Crippen LogP contribution >= 0.6 is 0 Å². The van der Waals surface area contributed by atoms with Crippen molar-refractivity contribution in [3.8, 4) is 0 Å². The number of carboxylic acid groups (broad SMARTS) is 1. The van der Waals surface area contributed by atoms with E-state index >= 15 is 0 Å². The quantitative estimate of drug-likeness (QED) is 0.607. The zero-order chi connectivity index (χ0) is 17.5. The molecule has 2 aromatic heterocycles. The van der Waals surface area contributed by atoms with Crippen molar-refractivity contribution in [2.75, 3.05) is 5.32 Å². The molecule has 0 atom stereocenters. The summed E-state index contributed by atoms with van der Waals surface area (Å²) in [5.74, 6) is -0.778. The topological polar surface area (TPSA) is 134 Å². The average molecular weight is 348 g/mol. The molecule has 9 nitrogen and oxygen atoms in total. The normalized spacial score (nSPS) is 11.6. The van der Waals surface area contributed by atoms with Crippen LogP contribution in [0.15, 0.2) is 41.7 Å². The predicted molar refractivity (Wildman–Crippen MR) is 84.2 cm³/mol. The Kier molecular flexibility index (Phi) is 3.70. The Morgan fingerprint density at radius 1 is 1.33 bits per heavy atom. The molecule has 0 aliphatic rings. The van der Waals surface area contributed by atoms with E-state index in [1.165, 1.54) is 35.2 Å². The van der Waals surface area contributed by atoms with E-state index in [1.54, 1.807) is 13.0 Å². The number of fused-ring (bicyclic) bond motifs is 1. The minimum Gasteiger partial charge on any atom is -0.478 e. The van der Waals surface area contributed by atoms with E-state index < -0.39 is 16.1 Å². The van der Waals surface area contributed by atoms with Crippen LogP contribution in [0.2, 0.25) is 0 Å². The fraction of sp³-hybridized carbons (Fsp3) is 0.0714. The summed E-state index contributed by atoms with van der Waals surface area (Å²) in [5, 5.41) is 16.1. The summed E-state index contributed by atoms with van der Waals surface area (Å²) < 4.78 is 32.9. The van der Waals surface area contributed by atoms with Crippen molar-refractivity contribution in [1.82, 2.24) is 14.6 Å². The Balaban J connectivity index is 2.10. The summed E-state index contributed by atoms with van der Waals surface area (Å²) in [7, 11) is -4.33. The highest BCUT2D eigenvalue weighted by Gasteiger charge is 2.17. The first-order chi connectivity index (χ1) is 11.3. The second-order valence-electron chi connectivity index (χ2n) is 5.00. The first-order valence-electron chi connectivity index (χ1n) is 6.68. The second kappa shape index (κ2) is 5.58. The molecule has 3 aromatic rings. The molecule has 2 heterocycles. The number of nitrogens with one attached hydrogen (secondary N) is 1. The molecule has 0 saturated carbocycles. The minimum atomic E-state index is -4.33. The number of aromatic carboxylic acids is 1. The van der Waals surface area contributed by atoms with Gasteiger partial charge in [-0.3, -0.25) is 4.55 Å². The molecule has 3 N–H and O–H groups in total. The number of carboxylic acids is 1. The highest BCUT2D eigenvalue weighted by Crippen LogP contribution is 2.26. The summed E-state index contributed by atoms with van der Waals surface area (Å²) in [6.07, 6.45) is 2.61. The van der Waals surface area contributed by atoms with E-state index in [9.17, 15) is 18.3 Å². The Morgan fingerprint density at radius 3 is 2.75 bits per heavy atom. The van der Waals surface area contributed by atoms with E-state index in [2.05, 4.69) is 15.4 Å². The Hall–Kier alpha value is -2.98. The summed E-state index contributed by atoms with van der Waals surface area (Å²) in [6.45, 7) is 1.63. The average Bonchev–Trinajstić information content (AvgIpc) is 2.85. The van der Waals surface area contributed by atoms with Gasteiger partial charge in [-0.25, -0.2) is 14.3 Å². The fourth-order valence-corrected chi connectivity index (χ4v) is 2.87. The van der Waals surface area contributed by atoms with Gasteiger partial charge in [0.2, 0.25) is 0 Å². The molecule has 1 aromatic carbocycles. The van der Waals surface area contributed by atoms with Crippen molar-refractivity contribution in [3.63, 3.8) is 0 Å². The van der Waals surface area contributed by atoms with E-state index in [1.807, 2.05) is 0 Å². The van der Waals surface area contributed by atoms with Gasteiger partial charge in [-0.15, -0.1) is 0 Å². The molecule has 0 unspecified atom stereocenters. The van der Waals surface area contributed by atoms with Gasteiger partial charge >= 0.3 is 5.97 Å². The first kappa shape index (κ1) is 15.9. The van der Waals surface area contributed by atoms with Gasteiger partial charge in [-0.1, -0.05) is 6.07 Å². The lowest BCUT2D eigenvalue weighted by Crippen LogP contribution is -2.02. The van der Waals surface area contributed by atoms with Gasteiger partial charge in [0.15, 0.2) is 5.82 Å². The number of nitrogens with zero attached hydrogens (tertiary/aromatic N) is 3. The smallest absolute Gasteiger partial charge is 0.337 e. The van der Waals surface area contributed by atoms with E-state index in [4.69, 9.17) is 4.55 Å². The molecule has 0 radical (unpaired) electrons. The van der Waals surface area contributed by atoms with Gasteiger partial charge in [0, 0.05) is 11.9 Å². The number of rotatable bonds is 4. The van der Waals surface area contributed by atoms with Crippen molar-refractivity contribution in [2.24, 2.45) is 0 Å². The lowest BCUT2D eigenvalue weighted by Gasteiger charge is -2.08. The number of hydrogen-bond acceptors (Lipinski definition) is 6. The summed E-state index contributed by atoms with van der Waals surface area (Å²) >= 11 is 0. The Morgan fingerprint density at radius 2 is 2.08 bits per heavy atom. The van der Waals surface area contributed by atoms with Gasteiger partial charge in [-0.2, -0.15) is 13.5 Å².